The van der Waals surface area contributed by atoms with E-state index in [2.05, 4.69) is 16.9 Å². The third-order valence-corrected chi connectivity index (χ3v) is 5.16. The number of H-pyrrole nitrogens is 1. The maximum absolute atomic E-state index is 13.2. The number of likely N-dealkylation sites (tertiary alicyclic amines) is 1. The number of fused-ring (bicyclic) bond motifs is 1. The Balaban J connectivity index is 1.81. The number of hydroxylamine groups is 2. The molecule has 1 aliphatic rings. The number of benzene rings is 1. The van der Waals surface area contributed by atoms with Crippen LogP contribution in [0.2, 0.25) is 0 Å². The van der Waals surface area contributed by atoms with Gasteiger partial charge in [0.15, 0.2) is 0 Å². The molecule has 8 nitrogen and oxygen atoms in total. The number of rotatable bonds is 8. The molecule has 1 aromatic heterocycles. The van der Waals surface area contributed by atoms with Crippen molar-refractivity contribution in [3.63, 3.8) is 0 Å². The fourth-order valence-corrected chi connectivity index (χ4v) is 3.76. The quantitative estimate of drug-likeness (QED) is 0.284. The molecule has 2 atom stereocenters. The van der Waals surface area contributed by atoms with Crippen LogP contribution in [0.1, 0.15) is 50.9 Å². The lowest BCUT2D eigenvalue weighted by atomic mass is 9.99. The first-order valence-electron chi connectivity index (χ1n) is 9.50. The van der Waals surface area contributed by atoms with Crippen molar-refractivity contribution in [3.05, 3.63) is 24.0 Å². The van der Waals surface area contributed by atoms with Gasteiger partial charge in [-0.3, -0.25) is 14.8 Å². The van der Waals surface area contributed by atoms with E-state index in [0.29, 0.717) is 30.1 Å². The minimum Gasteiger partial charge on any atom is -0.399 e. The molecule has 1 fully saturated rings. The second-order valence-electron chi connectivity index (χ2n) is 7.15. The zero-order valence-corrected chi connectivity index (χ0v) is 15.6. The fourth-order valence-electron chi connectivity index (χ4n) is 3.76. The Bertz CT molecular complexity index is 806. The zero-order chi connectivity index (χ0) is 19.4. The first kappa shape index (κ1) is 19.2. The van der Waals surface area contributed by atoms with E-state index >= 15 is 0 Å². The number of carbonyl (C=O) groups is 2. The Morgan fingerprint density at radius 1 is 1.56 bits per heavy atom. The molecule has 27 heavy (non-hydrogen) atoms. The van der Waals surface area contributed by atoms with Gasteiger partial charge < -0.3 is 15.6 Å². The van der Waals surface area contributed by atoms with Gasteiger partial charge >= 0.3 is 0 Å². The van der Waals surface area contributed by atoms with Crippen LogP contribution in [0.3, 0.4) is 0 Å². The van der Waals surface area contributed by atoms with Crippen LogP contribution in [-0.4, -0.2) is 50.5 Å². The van der Waals surface area contributed by atoms with E-state index in [1.807, 2.05) is 23.1 Å². The van der Waals surface area contributed by atoms with Crippen molar-refractivity contribution in [2.45, 2.75) is 45.1 Å². The molecular formula is C19H27N5O3. The highest BCUT2D eigenvalue weighted by Gasteiger charge is 2.35. The Morgan fingerprint density at radius 3 is 3.11 bits per heavy atom. The maximum atomic E-state index is 13.2. The number of anilines is 1. The number of nitrogens with zero attached hydrogens (tertiary/aromatic N) is 3. The number of hydrogen-bond acceptors (Lipinski definition) is 5. The summed E-state index contributed by atoms with van der Waals surface area (Å²) in [6, 6.07) is 5.39. The number of amides is 2. The number of imidazole rings is 1. The average molecular weight is 373 g/mol. The van der Waals surface area contributed by atoms with E-state index < -0.39 is 5.92 Å². The molecule has 0 unspecified atom stereocenters. The lowest BCUT2D eigenvalue weighted by molar-refractivity contribution is -0.157. The molecule has 2 aromatic rings. The predicted octanol–water partition coefficient (Wildman–Crippen LogP) is 2.46. The van der Waals surface area contributed by atoms with E-state index in [0.717, 1.165) is 42.5 Å². The van der Waals surface area contributed by atoms with Gasteiger partial charge in [0.1, 0.15) is 5.82 Å². The van der Waals surface area contributed by atoms with Gasteiger partial charge in [0.25, 0.3) is 0 Å². The van der Waals surface area contributed by atoms with Crippen molar-refractivity contribution < 1.29 is 14.8 Å². The first-order valence-corrected chi connectivity index (χ1v) is 9.50. The highest BCUT2D eigenvalue weighted by atomic mass is 16.5. The molecule has 2 amide bonds. The molecule has 2 heterocycles. The molecule has 8 heteroatoms. The third-order valence-electron chi connectivity index (χ3n) is 5.16. The van der Waals surface area contributed by atoms with Gasteiger partial charge in [0.05, 0.1) is 29.5 Å². The van der Waals surface area contributed by atoms with Crippen LogP contribution >= 0.6 is 0 Å². The number of aromatic amines is 1. The highest BCUT2D eigenvalue weighted by molar-refractivity contribution is 5.81. The van der Waals surface area contributed by atoms with Crippen LogP contribution in [-0.2, 0) is 9.59 Å². The summed E-state index contributed by atoms with van der Waals surface area (Å²) >= 11 is 0. The SMILES string of the molecule is CCCC[C@H](CN(O)C=O)C(=O)N1CCC[C@H]1c1nc2cc(N)ccc2[nH]1. The van der Waals surface area contributed by atoms with Crippen molar-refractivity contribution in [2.24, 2.45) is 5.92 Å². The van der Waals surface area contributed by atoms with Gasteiger partial charge in [0, 0.05) is 12.2 Å². The normalized spacial score (nSPS) is 18.0. The van der Waals surface area contributed by atoms with Crippen molar-refractivity contribution in [3.8, 4) is 0 Å². The topological polar surface area (TPSA) is 116 Å². The molecule has 0 radical (unpaired) electrons. The lowest BCUT2D eigenvalue weighted by Gasteiger charge is -2.29. The van der Waals surface area contributed by atoms with Gasteiger partial charge in [-0.25, -0.2) is 10.0 Å². The zero-order valence-electron chi connectivity index (χ0n) is 15.6. The van der Waals surface area contributed by atoms with Gasteiger partial charge in [-0.05, 0) is 37.5 Å². The van der Waals surface area contributed by atoms with Crippen LogP contribution in [0.15, 0.2) is 18.2 Å². The highest BCUT2D eigenvalue weighted by Crippen LogP contribution is 2.33. The summed E-state index contributed by atoms with van der Waals surface area (Å²) in [5.74, 6) is 0.305. The Labute approximate surface area is 158 Å². The fraction of sp³-hybridized carbons (Fsp3) is 0.526. The summed E-state index contributed by atoms with van der Waals surface area (Å²) in [6.45, 7) is 2.72. The van der Waals surface area contributed by atoms with Crippen LogP contribution in [0.4, 0.5) is 5.69 Å². The van der Waals surface area contributed by atoms with Gasteiger partial charge in [0.2, 0.25) is 12.3 Å². The largest absolute Gasteiger partial charge is 0.399 e. The monoisotopic (exact) mass is 373 g/mol. The van der Waals surface area contributed by atoms with E-state index in [1.54, 1.807) is 0 Å². The molecule has 1 saturated heterocycles. The molecule has 0 aliphatic carbocycles. The van der Waals surface area contributed by atoms with Crippen molar-refractivity contribution >= 4 is 29.0 Å². The molecule has 4 N–H and O–H groups in total. The summed E-state index contributed by atoms with van der Waals surface area (Å²) in [4.78, 5) is 33.7. The number of nitrogens with one attached hydrogen (secondary N) is 1. The summed E-state index contributed by atoms with van der Waals surface area (Å²) < 4.78 is 0. The molecule has 0 spiro atoms. The summed E-state index contributed by atoms with van der Waals surface area (Å²) in [5.41, 5.74) is 8.16. The Hall–Kier alpha value is -2.61. The van der Waals surface area contributed by atoms with E-state index in [4.69, 9.17) is 5.73 Å². The predicted molar refractivity (Wildman–Crippen MR) is 102 cm³/mol. The number of hydrogen-bond donors (Lipinski definition) is 3. The summed E-state index contributed by atoms with van der Waals surface area (Å²) in [6.07, 6.45) is 4.53. The summed E-state index contributed by atoms with van der Waals surface area (Å²) in [5, 5.41) is 10.2. The van der Waals surface area contributed by atoms with Crippen molar-refractivity contribution in [2.75, 3.05) is 18.8 Å². The van der Waals surface area contributed by atoms with Crippen LogP contribution in [0.5, 0.6) is 0 Å². The molecule has 0 saturated carbocycles. The maximum Gasteiger partial charge on any atom is 0.233 e. The second-order valence-corrected chi connectivity index (χ2v) is 7.15. The number of carbonyl (C=O) groups excluding carboxylic acids is 2. The minimum atomic E-state index is -0.416. The molecule has 1 aliphatic heterocycles. The smallest absolute Gasteiger partial charge is 0.233 e. The van der Waals surface area contributed by atoms with E-state index in [-0.39, 0.29) is 18.5 Å². The van der Waals surface area contributed by atoms with E-state index in [9.17, 15) is 14.8 Å². The molecule has 0 bridgehead atoms. The van der Waals surface area contributed by atoms with Crippen LogP contribution in [0, 0.1) is 5.92 Å². The number of nitrogen functional groups attached to an aromatic ring is 1. The molecular weight excluding hydrogens is 346 g/mol. The molecule has 1 aromatic carbocycles. The van der Waals surface area contributed by atoms with Crippen LogP contribution in [0.25, 0.3) is 11.0 Å². The van der Waals surface area contributed by atoms with E-state index in [1.165, 1.54) is 0 Å². The Morgan fingerprint density at radius 2 is 2.37 bits per heavy atom. The lowest BCUT2D eigenvalue weighted by Crippen LogP contribution is -2.40. The molecule has 3 rings (SSSR count). The number of unbranched alkanes of at least 4 members (excludes halogenated alkanes) is 1. The van der Waals surface area contributed by atoms with Gasteiger partial charge in [-0.1, -0.05) is 19.8 Å². The standard InChI is InChI=1S/C19H27N5O3/c1-2-3-5-13(11-23(27)12-25)19(26)24-9-4-6-17(24)18-21-15-8-7-14(20)10-16(15)22-18/h7-8,10,12-13,17,27H,2-6,9,11,20H2,1H3,(H,21,22)/t13-,17+/m1/s1. The van der Waals surface area contributed by atoms with Gasteiger partial charge in [-0.15, -0.1) is 0 Å². The van der Waals surface area contributed by atoms with Crippen molar-refractivity contribution in [1.29, 1.82) is 0 Å². The minimum absolute atomic E-state index is 0.0161. The van der Waals surface area contributed by atoms with Crippen molar-refractivity contribution in [1.82, 2.24) is 19.9 Å². The second kappa shape index (κ2) is 8.39. The first-order chi connectivity index (χ1) is 13.0. The molecule has 146 valence electrons. The number of nitrogens with two attached hydrogens (primary N) is 1. The van der Waals surface area contributed by atoms with Gasteiger partial charge in [-0.2, -0.15) is 0 Å². The van der Waals surface area contributed by atoms with Crippen LogP contribution < -0.4 is 5.73 Å². The third kappa shape index (κ3) is 4.21. The average Bonchev–Trinajstić information content (AvgIpc) is 3.30. The number of aromatic nitrogens is 2. The summed E-state index contributed by atoms with van der Waals surface area (Å²) in [7, 11) is 0. The Kier molecular flexibility index (Phi) is 5.95.